The third-order valence-corrected chi connectivity index (χ3v) is 3.79. The van der Waals surface area contributed by atoms with E-state index in [-0.39, 0.29) is 12.4 Å². The first-order valence-corrected chi connectivity index (χ1v) is 9.02. The van der Waals surface area contributed by atoms with Crippen molar-refractivity contribution in [3.63, 3.8) is 0 Å². The van der Waals surface area contributed by atoms with Gasteiger partial charge in [0.1, 0.15) is 18.1 Å². The Hall–Kier alpha value is -2.13. The van der Waals surface area contributed by atoms with Crippen LogP contribution >= 0.6 is 0 Å². The van der Waals surface area contributed by atoms with Crippen LogP contribution in [0.25, 0.3) is 0 Å². The summed E-state index contributed by atoms with van der Waals surface area (Å²) in [5, 5.41) is 0. The quantitative estimate of drug-likeness (QED) is 0.579. The molecule has 0 N–H and O–H groups in total. The van der Waals surface area contributed by atoms with E-state index in [0.717, 1.165) is 23.5 Å². The lowest BCUT2D eigenvalue weighted by molar-refractivity contribution is -0.121. The molecule has 0 aromatic heterocycles. The molecule has 0 aliphatic heterocycles. The van der Waals surface area contributed by atoms with Gasteiger partial charge in [-0.25, -0.2) is 0 Å². The van der Waals surface area contributed by atoms with Crippen molar-refractivity contribution in [1.82, 2.24) is 0 Å². The van der Waals surface area contributed by atoms with E-state index >= 15 is 0 Å². The molecular weight excluding hydrogens is 312 g/mol. The van der Waals surface area contributed by atoms with Crippen LogP contribution in [0.15, 0.2) is 48.5 Å². The van der Waals surface area contributed by atoms with Crippen molar-refractivity contribution < 1.29 is 14.3 Å². The molecule has 0 radical (unpaired) electrons. The zero-order valence-corrected chi connectivity index (χ0v) is 16.0. The van der Waals surface area contributed by atoms with Gasteiger partial charge in [-0.1, -0.05) is 52.0 Å². The summed E-state index contributed by atoms with van der Waals surface area (Å²) in [7, 11) is 0. The van der Waals surface area contributed by atoms with Gasteiger partial charge in [0.15, 0.2) is 5.78 Å². The molecule has 0 bridgehead atoms. The molecule has 3 heteroatoms. The van der Waals surface area contributed by atoms with E-state index in [9.17, 15) is 4.79 Å². The summed E-state index contributed by atoms with van der Waals surface area (Å²) < 4.78 is 11.1. The molecule has 2 rings (SSSR count). The van der Waals surface area contributed by atoms with Crippen molar-refractivity contribution in [1.29, 1.82) is 0 Å². The number of ketones is 1. The van der Waals surface area contributed by atoms with Crippen LogP contribution in [0.3, 0.4) is 0 Å². The minimum atomic E-state index is 0.0331. The van der Waals surface area contributed by atoms with Crippen LogP contribution in [0.1, 0.15) is 58.1 Å². The molecule has 136 valence electrons. The Morgan fingerprint density at radius 3 is 1.96 bits per heavy atom. The van der Waals surface area contributed by atoms with E-state index in [1.165, 1.54) is 12.5 Å². The maximum Gasteiger partial charge on any atom is 0.155 e. The first-order chi connectivity index (χ1) is 12.1. The zero-order valence-electron chi connectivity index (χ0n) is 16.0. The smallest absolute Gasteiger partial charge is 0.155 e. The van der Waals surface area contributed by atoms with E-state index in [0.29, 0.717) is 12.5 Å². The number of ether oxygens (including phenoxy) is 2. The van der Waals surface area contributed by atoms with Crippen molar-refractivity contribution >= 4 is 5.78 Å². The van der Waals surface area contributed by atoms with Crippen molar-refractivity contribution in [3.05, 3.63) is 59.7 Å². The lowest BCUT2D eigenvalue weighted by atomic mass is 9.99. The second-order valence-corrected chi connectivity index (χ2v) is 5.82. The highest BCUT2D eigenvalue weighted by atomic mass is 16.5. The van der Waals surface area contributed by atoms with Crippen LogP contribution in [0.2, 0.25) is 0 Å². The average Bonchev–Trinajstić information content (AvgIpc) is 2.64. The molecule has 0 amide bonds. The highest BCUT2D eigenvalue weighted by molar-refractivity contribution is 5.76. The number of hydrogen-bond donors (Lipinski definition) is 0. The van der Waals surface area contributed by atoms with Gasteiger partial charge in [-0.15, -0.1) is 0 Å². The van der Waals surface area contributed by atoms with Gasteiger partial charge in [-0.2, -0.15) is 0 Å². The minimum absolute atomic E-state index is 0.0331. The second-order valence-electron chi connectivity index (χ2n) is 5.82. The lowest BCUT2D eigenvalue weighted by Crippen LogP contribution is -2.03. The fourth-order valence-electron chi connectivity index (χ4n) is 2.20. The van der Waals surface area contributed by atoms with Gasteiger partial charge >= 0.3 is 0 Å². The third kappa shape index (κ3) is 7.53. The maximum atomic E-state index is 10.8. The Kier molecular flexibility index (Phi) is 9.56. The lowest BCUT2D eigenvalue weighted by Gasteiger charge is -2.11. The minimum Gasteiger partial charge on any atom is -0.457 e. The molecule has 0 aliphatic rings. The normalized spacial score (nSPS) is 11.2. The van der Waals surface area contributed by atoms with Crippen molar-refractivity contribution in [2.24, 2.45) is 0 Å². The highest BCUT2D eigenvalue weighted by Crippen LogP contribution is 2.25. The van der Waals surface area contributed by atoms with Crippen molar-refractivity contribution in [3.8, 4) is 11.5 Å². The van der Waals surface area contributed by atoms with E-state index < -0.39 is 0 Å². The summed E-state index contributed by atoms with van der Waals surface area (Å²) in [6, 6.07) is 16.0. The molecule has 0 fully saturated rings. The Labute approximate surface area is 152 Å². The monoisotopic (exact) mass is 342 g/mol. The Morgan fingerprint density at radius 2 is 1.48 bits per heavy atom. The first-order valence-electron chi connectivity index (χ1n) is 9.02. The molecule has 1 unspecified atom stereocenters. The standard InChI is InChI=1S/C20H24O3.C2H6/c1-4-15(2)18-7-11-20(12-8-18)23-19-9-5-17(6-10-19)14-22-13-16(3)21;1-2/h5-12,15H,4,13-14H2,1-3H3;1-2H3. The Bertz CT molecular complexity index is 615. The van der Waals surface area contributed by atoms with Crippen LogP contribution < -0.4 is 4.74 Å². The first kappa shape index (κ1) is 20.9. The Morgan fingerprint density at radius 1 is 0.960 bits per heavy atom. The molecule has 0 spiro atoms. The Balaban J connectivity index is 0.00000151. The molecule has 0 heterocycles. The van der Waals surface area contributed by atoms with E-state index in [1.807, 2.05) is 50.2 Å². The van der Waals surface area contributed by atoms with Crippen molar-refractivity contribution in [2.45, 2.75) is 53.6 Å². The van der Waals surface area contributed by atoms with Gasteiger partial charge in [-0.3, -0.25) is 4.79 Å². The fourth-order valence-corrected chi connectivity index (χ4v) is 2.20. The summed E-state index contributed by atoms with van der Waals surface area (Å²) in [5.74, 6) is 2.22. The summed E-state index contributed by atoms with van der Waals surface area (Å²) in [5.41, 5.74) is 2.35. The number of carbonyl (C=O) groups is 1. The third-order valence-electron chi connectivity index (χ3n) is 3.79. The molecule has 3 nitrogen and oxygen atoms in total. The summed E-state index contributed by atoms with van der Waals surface area (Å²) in [6.45, 7) is 10.5. The van der Waals surface area contributed by atoms with E-state index in [1.54, 1.807) is 0 Å². The van der Waals surface area contributed by atoms with Gasteiger partial charge in [0.05, 0.1) is 6.61 Å². The molecule has 1 atom stereocenters. The zero-order chi connectivity index (χ0) is 18.7. The fraction of sp³-hybridized carbons (Fsp3) is 0.409. The van der Waals surface area contributed by atoms with Gasteiger partial charge in [-0.05, 0) is 54.7 Å². The average molecular weight is 342 g/mol. The predicted octanol–water partition coefficient (Wildman–Crippen LogP) is 6.12. The molecule has 0 saturated carbocycles. The van der Waals surface area contributed by atoms with Gasteiger partial charge in [0.25, 0.3) is 0 Å². The number of hydrogen-bond acceptors (Lipinski definition) is 3. The number of benzene rings is 2. The molecule has 0 aliphatic carbocycles. The second kappa shape index (κ2) is 11.4. The summed E-state index contributed by atoms with van der Waals surface area (Å²) >= 11 is 0. The van der Waals surface area contributed by atoms with Crippen LogP contribution in [0.5, 0.6) is 11.5 Å². The van der Waals surface area contributed by atoms with Crippen LogP contribution in [-0.4, -0.2) is 12.4 Å². The highest BCUT2D eigenvalue weighted by Gasteiger charge is 2.04. The molecule has 0 saturated heterocycles. The van der Waals surface area contributed by atoms with Gasteiger partial charge in [0, 0.05) is 0 Å². The van der Waals surface area contributed by atoms with Crippen LogP contribution in [0.4, 0.5) is 0 Å². The van der Waals surface area contributed by atoms with Gasteiger partial charge in [0.2, 0.25) is 0 Å². The van der Waals surface area contributed by atoms with Crippen LogP contribution in [-0.2, 0) is 16.1 Å². The molecule has 2 aromatic rings. The molecule has 25 heavy (non-hydrogen) atoms. The van der Waals surface area contributed by atoms with Gasteiger partial charge < -0.3 is 9.47 Å². The maximum absolute atomic E-state index is 10.8. The summed E-state index contributed by atoms with van der Waals surface area (Å²) in [4.78, 5) is 10.8. The number of carbonyl (C=O) groups excluding carboxylic acids is 1. The SMILES string of the molecule is CC.CCC(C)c1ccc(Oc2ccc(COCC(C)=O)cc2)cc1. The number of rotatable bonds is 8. The van der Waals surface area contributed by atoms with Crippen LogP contribution in [0, 0.1) is 0 Å². The number of Topliss-reactive ketones (excluding diaryl/α,β-unsaturated/α-hetero) is 1. The van der Waals surface area contributed by atoms with Crippen molar-refractivity contribution in [2.75, 3.05) is 6.61 Å². The van der Waals surface area contributed by atoms with E-state index in [4.69, 9.17) is 9.47 Å². The molecular formula is C22H30O3. The largest absolute Gasteiger partial charge is 0.457 e. The summed E-state index contributed by atoms with van der Waals surface area (Å²) in [6.07, 6.45) is 1.13. The predicted molar refractivity (Wildman–Crippen MR) is 103 cm³/mol. The molecule has 2 aromatic carbocycles. The topological polar surface area (TPSA) is 35.5 Å². The van der Waals surface area contributed by atoms with E-state index in [2.05, 4.69) is 26.0 Å².